The van der Waals surface area contributed by atoms with Crippen LogP contribution < -0.4 is 5.32 Å². The van der Waals surface area contributed by atoms with Crippen LogP contribution >= 0.6 is 0 Å². The first-order valence-electron chi connectivity index (χ1n) is 9.64. The van der Waals surface area contributed by atoms with Gasteiger partial charge in [-0.3, -0.25) is 4.79 Å². The van der Waals surface area contributed by atoms with Gasteiger partial charge in [-0.1, -0.05) is 45.0 Å². The van der Waals surface area contributed by atoms with Crippen molar-refractivity contribution in [3.05, 3.63) is 84.2 Å². The van der Waals surface area contributed by atoms with Crippen molar-refractivity contribution in [1.29, 1.82) is 0 Å². The number of anilines is 1. The van der Waals surface area contributed by atoms with Gasteiger partial charge in [0, 0.05) is 17.8 Å². The molecule has 0 aliphatic heterocycles. The van der Waals surface area contributed by atoms with Gasteiger partial charge in [0.1, 0.15) is 18.5 Å². The molecule has 0 saturated heterocycles. The quantitative estimate of drug-likeness (QED) is 0.553. The second-order valence-corrected chi connectivity index (χ2v) is 8.02. The molecule has 3 aromatic heterocycles. The van der Waals surface area contributed by atoms with Gasteiger partial charge in [0.15, 0.2) is 5.82 Å². The second-order valence-electron chi connectivity index (χ2n) is 8.02. The average molecular weight is 401 g/mol. The molecular weight excluding hydrogens is 378 g/mol. The third kappa shape index (κ3) is 4.27. The molecule has 0 aliphatic rings. The number of benzene rings is 1. The van der Waals surface area contributed by atoms with Crippen LogP contribution in [0.25, 0.3) is 5.82 Å². The van der Waals surface area contributed by atoms with Crippen LogP contribution in [-0.2, 0) is 12.0 Å². The Labute approximate surface area is 174 Å². The van der Waals surface area contributed by atoms with Gasteiger partial charge in [-0.25, -0.2) is 19.3 Å². The summed E-state index contributed by atoms with van der Waals surface area (Å²) in [5, 5.41) is 11.3. The summed E-state index contributed by atoms with van der Waals surface area (Å²) >= 11 is 0. The monoisotopic (exact) mass is 401 g/mol. The molecule has 0 radical (unpaired) electrons. The smallest absolute Gasteiger partial charge is 0.256 e. The fourth-order valence-corrected chi connectivity index (χ4v) is 3.05. The van der Waals surface area contributed by atoms with Crippen LogP contribution in [0, 0.1) is 0 Å². The SMILES string of the molecule is CC(C)(C)c1ccc(Cn2nccc2NC(=O)c2ccnc(-n3cncn3)c2)cc1. The van der Waals surface area contributed by atoms with Gasteiger partial charge in [0.2, 0.25) is 0 Å². The van der Waals surface area contributed by atoms with Gasteiger partial charge in [-0.2, -0.15) is 10.2 Å². The van der Waals surface area contributed by atoms with Gasteiger partial charge in [0.05, 0.1) is 12.7 Å². The zero-order valence-electron chi connectivity index (χ0n) is 17.1. The van der Waals surface area contributed by atoms with Crippen molar-refractivity contribution in [3.8, 4) is 5.82 Å². The molecule has 0 aliphatic carbocycles. The predicted octanol–water partition coefficient (Wildman–Crippen LogP) is 3.46. The van der Waals surface area contributed by atoms with Crippen LogP contribution in [0.5, 0.6) is 0 Å². The van der Waals surface area contributed by atoms with E-state index in [0.29, 0.717) is 23.7 Å². The summed E-state index contributed by atoms with van der Waals surface area (Å²) in [5.74, 6) is 0.898. The molecule has 1 aromatic carbocycles. The highest BCUT2D eigenvalue weighted by molar-refractivity contribution is 6.04. The predicted molar refractivity (Wildman–Crippen MR) is 114 cm³/mol. The van der Waals surface area contributed by atoms with Crippen LogP contribution in [-0.4, -0.2) is 35.4 Å². The minimum atomic E-state index is -0.247. The Bertz CT molecular complexity index is 1140. The number of nitrogens with one attached hydrogen (secondary N) is 1. The van der Waals surface area contributed by atoms with Crippen molar-refractivity contribution < 1.29 is 4.79 Å². The van der Waals surface area contributed by atoms with Crippen LogP contribution in [0.4, 0.5) is 5.82 Å². The van der Waals surface area contributed by atoms with E-state index in [4.69, 9.17) is 0 Å². The van der Waals surface area contributed by atoms with Gasteiger partial charge >= 0.3 is 0 Å². The molecule has 0 bridgehead atoms. The Balaban J connectivity index is 1.49. The normalized spacial score (nSPS) is 11.4. The molecule has 3 heterocycles. The van der Waals surface area contributed by atoms with E-state index in [9.17, 15) is 4.79 Å². The highest BCUT2D eigenvalue weighted by Crippen LogP contribution is 2.22. The molecular formula is C22H23N7O. The number of pyridine rings is 1. The first kappa shape index (κ1) is 19.5. The van der Waals surface area contributed by atoms with Crippen molar-refractivity contribution >= 4 is 11.7 Å². The summed E-state index contributed by atoms with van der Waals surface area (Å²) in [5.41, 5.74) is 2.97. The second kappa shape index (κ2) is 7.90. The maximum atomic E-state index is 12.8. The van der Waals surface area contributed by atoms with Crippen LogP contribution in [0.3, 0.4) is 0 Å². The fraction of sp³-hybridized carbons (Fsp3) is 0.227. The molecule has 0 unspecified atom stereocenters. The molecule has 1 N–H and O–H groups in total. The van der Waals surface area contributed by atoms with Crippen molar-refractivity contribution in [3.63, 3.8) is 0 Å². The third-order valence-electron chi connectivity index (χ3n) is 4.77. The molecule has 1 amide bonds. The fourth-order valence-electron chi connectivity index (χ4n) is 3.05. The molecule has 8 heteroatoms. The van der Waals surface area contributed by atoms with Crippen molar-refractivity contribution in [2.24, 2.45) is 0 Å². The highest BCUT2D eigenvalue weighted by Gasteiger charge is 2.14. The lowest BCUT2D eigenvalue weighted by Gasteiger charge is -2.19. The molecule has 30 heavy (non-hydrogen) atoms. The van der Waals surface area contributed by atoms with E-state index in [2.05, 4.69) is 70.5 Å². The number of hydrogen-bond donors (Lipinski definition) is 1. The van der Waals surface area contributed by atoms with E-state index >= 15 is 0 Å². The summed E-state index contributed by atoms with van der Waals surface area (Å²) in [6.45, 7) is 7.14. The van der Waals surface area contributed by atoms with Crippen molar-refractivity contribution in [2.75, 3.05) is 5.32 Å². The van der Waals surface area contributed by atoms with E-state index in [0.717, 1.165) is 5.56 Å². The lowest BCUT2D eigenvalue weighted by Crippen LogP contribution is -2.17. The third-order valence-corrected chi connectivity index (χ3v) is 4.77. The molecule has 0 spiro atoms. The van der Waals surface area contributed by atoms with Crippen LogP contribution in [0.1, 0.15) is 42.3 Å². The molecule has 152 valence electrons. The zero-order chi connectivity index (χ0) is 21.1. The Morgan fingerprint density at radius 2 is 1.83 bits per heavy atom. The summed E-state index contributed by atoms with van der Waals surface area (Å²) in [6.07, 6.45) is 6.19. The Kier molecular flexibility index (Phi) is 5.14. The van der Waals surface area contributed by atoms with Crippen LogP contribution in [0.15, 0.2) is 67.5 Å². The van der Waals surface area contributed by atoms with Crippen molar-refractivity contribution in [2.45, 2.75) is 32.7 Å². The van der Waals surface area contributed by atoms with Gasteiger partial charge in [-0.05, 0) is 28.7 Å². The van der Waals surface area contributed by atoms with Crippen molar-refractivity contribution in [1.82, 2.24) is 29.5 Å². The lowest BCUT2D eigenvalue weighted by atomic mass is 9.87. The molecule has 4 aromatic rings. The first-order valence-corrected chi connectivity index (χ1v) is 9.64. The summed E-state index contributed by atoms with van der Waals surface area (Å²) < 4.78 is 3.27. The van der Waals surface area contributed by atoms with E-state index < -0.39 is 0 Å². The van der Waals surface area contributed by atoms with Crippen LogP contribution in [0.2, 0.25) is 0 Å². The number of nitrogens with zero attached hydrogens (tertiary/aromatic N) is 6. The van der Waals surface area contributed by atoms with Gasteiger partial charge in [0.25, 0.3) is 5.91 Å². The molecule has 0 atom stereocenters. The number of amides is 1. The van der Waals surface area contributed by atoms with E-state index in [1.807, 2.05) is 0 Å². The first-order chi connectivity index (χ1) is 14.4. The molecule has 4 rings (SSSR count). The molecule has 0 saturated carbocycles. The topological polar surface area (TPSA) is 90.5 Å². The van der Waals surface area contributed by atoms with E-state index in [1.54, 1.807) is 35.3 Å². The Morgan fingerprint density at radius 1 is 1.03 bits per heavy atom. The summed E-state index contributed by atoms with van der Waals surface area (Å²) in [4.78, 5) is 20.9. The Hall–Kier alpha value is -3.81. The average Bonchev–Trinajstić information content (AvgIpc) is 3.41. The summed E-state index contributed by atoms with van der Waals surface area (Å²) in [6, 6.07) is 13.6. The Morgan fingerprint density at radius 3 is 2.53 bits per heavy atom. The standard InChI is InChI=1S/C22H23N7O/c1-22(2,3)18-6-4-16(5-7-18)13-28-19(9-11-25-28)27-21(30)17-8-10-24-20(12-17)29-15-23-14-26-29/h4-12,14-15H,13H2,1-3H3,(H,27,30). The van der Waals surface area contributed by atoms with E-state index in [-0.39, 0.29) is 11.3 Å². The number of carbonyl (C=O) groups is 1. The van der Waals surface area contributed by atoms with Gasteiger partial charge < -0.3 is 5.32 Å². The highest BCUT2D eigenvalue weighted by atomic mass is 16.1. The lowest BCUT2D eigenvalue weighted by molar-refractivity contribution is 0.102. The van der Waals surface area contributed by atoms with Gasteiger partial charge in [-0.15, -0.1) is 0 Å². The number of rotatable bonds is 5. The van der Waals surface area contributed by atoms with E-state index in [1.165, 1.54) is 22.9 Å². The summed E-state index contributed by atoms with van der Waals surface area (Å²) in [7, 11) is 0. The maximum absolute atomic E-state index is 12.8. The maximum Gasteiger partial charge on any atom is 0.256 e. The zero-order valence-corrected chi connectivity index (χ0v) is 17.1. The minimum Gasteiger partial charge on any atom is -0.307 e. The molecule has 8 nitrogen and oxygen atoms in total. The number of carbonyl (C=O) groups excluding carboxylic acids is 1. The largest absolute Gasteiger partial charge is 0.307 e. The minimum absolute atomic E-state index is 0.110. The number of aromatic nitrogens is 6. The molecule has 0 fully saturated rings. The number of hydrogen-bond acceptors (Lipinski definition) is 5.